The molecule has 1 aromatic carbocycles. The van der Waals surface area contributed by atoms with E-state index < -0.39 is 0 Å². The maximum Gasteiger partial charge on any atom is 0.159 e. The molecule has 0 amide bonds. The third kappa shape index (κ3) is 4.05. The lowest BCUT2D eigenvalue weighted by atomic mass is 10.1. The van der Waals surface area contributed by atoms with Crippen LogP contribution in [0.4, 0.5) is 0 Å². The Morgan fingerprint density at radius 3 is 2.25 bits per heavy atom. The van der Waals surface area contributed by atoms with Gasteiger partial charge >= 0.3 is 0 Å². The highest BCUT2D eigenvalue weighted by Crippen LogP contribution is 2.03. The molecule has 0 N–H and O–H groups in total. The summed E-state index contributed by atoms with van der Waals surface area (Å²) in [6, 6.07) is 7.08. The Bertz CT molecular complexity index is 563. The Labute approximate surface area is 103 Å². The van der Waals surface area contributed by atoms with Gasteiger partial charge in [0.05, 0.1) is 0 Å². The average molecular weight is 271 g/mol. The lowest BCUT2D eigenvalue weighted by molar-refractivity contribution is 0.101. The van der Waals surface area contributed by atoms with Crippen molar-refractivity contribution in [3.63, 3.8) is 0 Å². The molecule has 0 atom stereocenters. The van der Waals surface area contributed by atoms with E-state index in [1.165, 1.54) is 6.92 Å². The van der Waals surface area contributed by atoms with Gasteiger partial charge in [-0.25, -0.2) is 0 Å². The molecule has 0 heterocycles. The maximum absolute atomic E-state index is 11.0. The van der Waals surface area contributed by atoms with Crippen molar-refractivity contribution >= 4 is 21.7 Å². The summed E-state index contributed by atoms with van der Waals surface area (Å²) in [6.07, 6.45) is 0. The molecule has 2 heteroatoms. The summed E-state index contributed by atoms with van der Waals surface area (Å²) in [7, 11) is 0. The summed E-state index contributed by atoms with van der Waals surface area (Å²) in [5.41, 5.74) is 1.51. The molecule has 1 nitrogen and oxygen atoms in total. The molecule has 0 radical (unpaired) electrons. The number of rotatable bonds is 1. The van der Waals surface area contributed by atoms with Crippen LogP contribution in [0.25, 0.3) is 0 Å². The normalized spacial score (nSPS) is 7.38. The number of halogens is 1. The summed E-state index contributed by atoms with van der Waals surface area (Å²) in [5.74, 6) is 13.2. The van der Waals surface area contributed by atoms with E-state index in [1.54, 1.807) is 24.3 Å². The van der Waals surface area contributed by atoms with E-state index in [1.807, 2.05) is 0 Å². The zero-order chi connectivity index (χ0) is 11.8. The van der Waals surface area contributed by atoms with Crippen LogP contribution >= 0.6 is 15.9 Å². The van der Waals surface area contributed by atoms with Gasteiger partial charge in [-0.2, -0.15) is 0 Å². The highest BCUT2D eigenvalue weighted by molar-refractivity contribution is 9.12. The van der Waals surface area contributed by atoms with Gasteiger partial charge in [0.15, 0.2) is 5.78 Å². The number of carbonyl (C=O) groups excluding carboxylic acids is 1. The summed E-state index contributed by atoms with van der Waals surface area (Å²) in [6.45, 7) is 1.53. The zero-order valence-corrected chi connectivity index (χ0v) is 10.2. The quantitative estimate of drug-likeness (QED) is 0.567. The molecule has 0 spiro atoms. The van der Waals surface area contributed by atoms with Gasteiger partial charge in [-0.3, -0.25) is 4.79 Å². The number of carbonyl (C=O) groups is 1. The monoisotopic (exact) mass is 270 g/mol. The standard InChI is InChI=1S/C14H7BrO/c1-12(16)14-9-7-13(8-10-14)6-4-2-3-5-11-15/h7-10H,1H3. The molecule has 0 fully saturated rings. The summed E-state index contributed by atoms with van der Waals surface area (Å²) in [5, 5.41) is 0. The molecule has 0 aliphatic carbocycles. The van der Waals surface area contributed by atoms with E-state index in [2.05, 4.69) is 50.4 Å². The first kappa shape index (κ1) is 12.1. The van der Waals surface area contributed by atoms with Crippen LogP contribution in [0.5, 0.6) is 0 Å². The molecule has 76 valence electrons. The van der Waals surface area contributed by atoms with Crippen molar-refractivity contribution in [2.75, 3.05) is 0 Å². The van der Waals surface area contributed by atoms with Gasteiger partial charge < -0.3 is 0 Å². The van der Waals surface area contributed by atoms with Crippen LogP contribution in [-0.2, 0) is 0 Å². The molecule has 0 saturated carbocycles. The number of benzene rings is 1. The summed E-state index contributed by atoms with van der Waals surface area (Å²) >= 11 is 2.92. The van der Waals surface area contributed by atoms with Crippen LogP contribution in [0.1, 0.15) is 22.8 Å². The first-order valence-electron chi connectivity index (χ1n) is 4.46. The number of hydrogen-bond donors (Lipinski definition) is 0. The number of Topliss-reactive ketones (excluding diaryl/α,β-unsaturated/α-hetero) is 1. The molecule has 0 saturated heterocycles. The maximum atomic E-state index is 11.0. The predicted octanol–water partition coefficient (Wildman–Crippen LogP) is 2.60. The van der Waals surface area contributed by atoms with Gasteiger partial charge in [-0.1, -0.05) is 18.1 Å². The first-order valence-corrected chi connectivity index (χ1v) is 5.26. The highest BCUT2D eigenvalue weighted by atomic mass is 79.9. The topological polar surface area (TPSA) is 17.1 Å². The first-order chi connectivity index (χ1) is 7.74. The highest BCUT2D eigenvalue weighted by Gasteiger charge is 1.96. The van der Waals surface area contributed by atoms with Crippen LogP contribution < -0.4 is 0 Å². The summed E-state index contributed by atoms with van der Waals surface area (Å²) in [4.78, 5) is 13.5. The van der Waals surface area contributed by atoms with Gasteiger partial charge in [0, 0.05) is 27.1 Å². The number of hydrogen-bond acceptors (Lipinski definition) is 1. The second-order valence-electron chi connectivity index (χ2n) is 2.85. The van der Waals surface area contributed by atoms with E-state index in [0.717, 1.165) is 5.56 Å². The average Bonchev–Trinajstić information content (AvgIpc) is 2.29. The van der Waals surface area contributed by atoms with Crippen LogP contribution in [0.3, 0.4) is 0 Å². The predicted molar refractivity (Wildman–Crippen MR) is 67.8 cm³/mol. The van der Waals surface area contributed by atoms with E-state index in [0.29, 0.717) is 5.56 Å². The fraction of sp³-hybridized carbons (Fsp3) is 0.0714. The molecule has 1 aromatic rings. The fourth-order valence-corrected chi connectivity index (χ4v) is 1.08. The molecule has 0 aliphatic heterocycles. The van der Waals surface area contributed by atoms with Crippen molar-refractivity contribution in [1.29, 1.82) is 0 Å². The minimum Gasteiger partial charge on any atom is -0.295 e. The second kappa shape index (κ2) is 6.52. The van der Waals surface area contributed by atoms with E-state index >= 15 is 0 Å². The largest absolute Gasteiger partial charge is 0.295 e. The van der Waals surface area contributed by atoms with Crippen LogP contribution in [0.15, 0.2) is 24.3 Å². The fourth-order valence-electron chi connectivity index (χ4n) is 0.978. The van der Waals surface area contributed by atoms with E-state index in [4.69, 9.17) is 0 Å². The SMILES string of the molecule is CC(=O)c1ccc(C#CC#CC#CBr)cc1. The molecule has 0 aromatic heterocycles. The van der Waals surface area contributed by atoms with Crippen LogP contribution in [-0.4, -0.2) is 5.78 Å². The van der Waals surface area contributed by atoms with Crippen molar-refractivity contribution in [2.45, 2.75) is 6.92 Å². The van der Waals surface area contributed by atoms with Crippen molar-refractivity contribution in [1.82, 2.24) is 0 Å². The summed E-state index contributed by atoms with van der Waals surface area (Å²) < 4.78 is 0. The van der Waals surface area contributed by atoms with E-state index in [9.17, 15) is 4.79 Å². The van der Waals surface area contributed by atoms with E-state index in [-0.39, 0.29) is 5.78 Å². The van der Waals surface area contributed by atoms with Crippen molar-refractivity contribution in [3.8, 4) is 34.4 Å². The third-order valence-electron chi connectivity index (χ3n) is 1.73. The second-order valence-corrected chi connectivity index (χ2v) is 3.25. The van der Waals surface area contributed by atoms with Gasteiger partial charge in [0.25, 0.3) is 0 Å². The molecule has 0 unspecified atom stereocenters. The van der Waals surface area contributed by atoms with Crippen molar-refractivity contribution in [2.24, 2.45) is 0 Å². The Hall–Kier alpha value is -1.95. The van der Waals surface area contributed by atoms with Crippen LogP contribution in [0, 0.1) is 34.4 Å². The zero-order valence-electron chi connectivity index (χ0n) is 8.60. The minimum atomic E-state index is 0.0481. The molecular weight excluding hydrogens is 264 g/mol. The number of ketones is 1. The third-order valence-corrected chi connectivity index (χ3v) is 1.93. The Kier molecular flexibility index (Phi) is 4.94. The Morgan fingerprint density at radius 1 is 1.06 bits per heavy atom. The lowest BCUT2D eigenvalue weighted by Crippen LogP contribution is -1.90. The molecule has 16 heavy (non-hydrogen) atoms. The molecule has 1 rings (SSSR count). The van der Waals surface area contributed by atoms with Crippen molar-refractivity contribution < 1.29 is 4.79 Å². The van der Waals surface area contributed by atoms with Crippen LogP contribution in [0.2, 0.25) is 0 Å². The minimum absolute atomic E-state index is 0.0481. The smallest absolute Gasteiger partial charge is 0.159 e. The molecule has 0 bridgehead atoms. The van der Waals surface area contributed by atoms with Gasteiger partial charge in [-0.05, 0) is 47.6 Å². The van der Waals surface area contributed by atoms with Gasteiger partial charge in [-0.15, -0.1) is 0 Å². The Balaban J connectivity index is 2.79. The van der Waals surface area contributed by atoms with Gasteiger partial charge in [0.2, 0.25) is 0 Å². The Morgan fingerprint density at radius 2 is 1.69 bits per heavy atom. The molecule has 0 aliphatic rings. The van der Waals surface area contributed by atoms with Crippen molar-refractivity contribution in [3.05, 3.63) is 35.4 Å². The lowest BCUT2D eigenvalue weighted by Gasteiger charge is -1.93. The molecular formula is C14H7BrO. The van der Waals surface area contributed by atoms with Gasteiger partial charge in [0.1, 0.15) is 0 Å².